The molecule has 1 saturated carbocycles. The summed E-state index contributed by atoms with van der Waals surface area (Å²) < 4.78 is 0. The average Bonchev–Trinajstić information content (AvgIpc) is 3.10. The Bertz CT molecular complexity index is 249. The van der Waals surface area contributed by atoms with E-state index in [2.05, 4.69) is 27.7 Å². The fourth-order valence-electron chi connectivity index (χ4n) is 1.95. The maximum atomic E-state index is 12.3. The Kier molecular flexibility index (Phi) is 5.44. The molecule has 1 fully saturated rings. The fraction of sp³-hybridized carbons (Fsp3) is 0.929. The lowest BCUT2D eigenvalue weighted by atomic mass is 9.98. The molecule has 0 aromatic heterocycles. The van der Waals surface area contributed by atoms with E-state index in [4.69, 9.17) is 5.73 Å². The quantitative estimate of drug-likeness (QED) is 0.742. The average molecular weight is 240 g/mol. The summed E-state index contributed by atoms with van der Waals surface area (Å²) in [7, 11) is 0. The van der Waals surface area contributed by atoms with Gasteiger partial charge in [0.2, 0.25) is 5.91 Å². The van der Waals surface area contributed by atoms with Crippen LogP contribution in [0, 0.1) is 11.8 Å². The van der Waals surface area contributed by atoms with Gasteiger partial charge in [-0.1, -0.05) is 34.1 Å². The van der Waals surface area contributed by atoms with Crippen LogP contribution in [0.5, 0.6) is 0 Å². The number of amides is 1. The van der Waals surface area contributed by atoms with E-state index in [0.717, 1.165) is 32.2 Å². The Morgan fingerprint density at radius 2 is 1.94 bits per heavy atom. The Morgan fingerprint density at radius 3 is 2.35 bits per heavy atom. The van der Waals surface area contributed by atoms with Gasteiger partial charge < -0.3 is 10.6 Å². The van der Waals surface area contributed by atoms with Crippen molar-refractivity contribution in [3.8, 4) is 0 Å². The van der Waals surface area contributed by atoms with Crippen LogP contribution < -0.4 is 5.73 Å². The SMILES string of the molecule is CC[C@H](C)[C@H](N)C(=O)N(CCC(C)C)C1CC1. The Balaban J connectivity index is 2.54. The Labute approximate surface area is 106 Å². The van der Waals surface area contributed by atoms with E-state index >= 15 is 0 Å². The van der Waals surface area contributed by atoms with Crippen LogP contribution >= 0.6 is 0 Å². The number of hydrogen-bond donors (Lipinski definition) is 1. The van der Waals surface area contributed by atoms with E-state index in [1.807, 2.05) is 4.90 Å². The molecule has 1 aliphatic rings. The third kappa shape index (κ3) is 4.30. The molecule has 0 radical (unpaired) electrons. The second-order valence-electron chi connectivity index (χ2n) is 5.86. The Hall–Kier alpha value is -0.570. The predicted octanol–water partition coefficient (Wildman–Crippen LogP) is 2.40. The lowest BCUT2D eigenvalue weighted by Gasteiger charge is -2.28. The molecule has 2 atom stereocenters. The first-order chi connectivity index (χ1) is 7.97. The van der Waals surface area contributed by atoms with Crippen molar-refractivity contribution in [2.24, 2.45) is 17.6 Å². The maximum Gasteiger partial charge on any atom is 0.240 e. The zero-order valence-corrected chi connectivity index (χ0v) is 11.8. The molecule has 1 rings (SSSR count). The normalized spacial score (nSPS) is 19.2. The van der Waals surface area contributed by atoms with Crippen LogP contribution in [0.2, 0.25) is 0 Å². The summed E-state index contributed by atoms with van der Waals surface area (Å²) in [5.41, 5.74) is 6.05. The lowest BCUT2D eigenvalue weighted by molar-refractivity contribution is -0.134. The number of carbonyl (C=O) groups is 1. The molecule has 0 aliphatic heterocycles. The smallest absolute Gasteiger partial charge is 0.240 e. The van der Waals surface area contributed by atoms with E-state index in [-0.39, 0.29) is 17.9 Å². The van der Waals surface area contributed by atoms with Gasteiger partial charge in [0.05, 0.1) is 6.04 Å². The van der Waals surface area contributed by atoms with Crippen LogP contribution in [0.15, 0.2) is 0 Å². The van der Waals surface area contributed by atoms with Gasteiger partial charge >= 0.3 is 0 Å². The second-order valence-corrected chi connectivity index (χ2v) is 5.86. The molecule has 3 nitrogen and oxygen atoms in total. The minimum atomic E-state index is -0.312. The standard InChI is InChI=1S/C14H28N2O/c1-5-11(4)13(15)14(17)16(12-6-7-12)9-8-10(2)3/h10-13H,5-9,15H2,1-4H3/t11-,13-/m0/s1. The molecule has 100 valence electrons. The third-order valence-corrected chi connectivity index (χ3v) is 3.76. The summed E-state index contributed by atoms with van der Waals surface area (Å²) in [5, 5.41) is 0. The van der Waals surface area contributed by atoms with Gasteiger partial charge in [0.25, 0.3) is 0 Å². The molecule has 0 saturated heterocycles. The highest BCUT2D eigenvalue weighted by Crippen LogP contribution is 2.28. The number of nitrogens with zero attached hydrogens (tertiary/aromatic N) is 1. The minimum Gasteiger partial charge on any atom is -0.338 e. The van der Waals surface area contributed by atoms with E-state index in [1.54, 1.807) is 0 Å². The van der Waals surface area contributed by atoms with Crippen molar-refractivity contribution in [2.75, 3.05) is 6.54 Å². The summed E-state index contributed by atoms with van der Waals surface area (Å²) in [4.78, 5) is 14.4. The number of nitrogens with two attached hydrogens (primary N) is 1. The molecule has 0 aromatic rings. The number of carbonyl (C=O) groups excluding carboxylic acids is 1. The highest BCUT2D eigenvalue weighted by atomic mass is 16.2. The molecule has 1 amide bonds. The summed E-state index contributed by atoms with van der Waals surface area (Å²) in [6.45, 7) is 9.43. The van der Waals surface area contributed by atoms with E-state index in [0.29, 0.717) is 12.0 Å². The zero-order valence-electron chi connectivity index (χ0n) is 11.8. The predicted molar refractivity (Wildman–Crippen MR) is 71.6 cm³/mol. The lowest BCUT2D eigenvalue weighted by Crippen LogP contribution is -2.48. The highest BCUT2D eigenvalue weighted by Gasteiger charge is 2.35. The van der Waals surface area contributed by atoms with Crippen molar-refractivity contribution in [1.29, 1.82) is 0 Å². The van der Waals surface area contributed by atoms with Gasteiger partial charge in [-0.25, -0.2) is 0 Å². The molecule has 0 spiro atoms. The van der Waals surface area contributed by atoms with Crippen LogP contribution in [0.3, 0.4) is 0 Å². The zero-order chi connectivity index (χ0) is 13.0. The molecule has 0 aromatic carbocycles. The van der Waals surface area contributed by atoms with Gasteiger partial charge in [-0.2, -0.15) is 0 Å². The molecular formula is C14H28N2O. The summed E-state index contributed by atoms with van der Waals surface area (Å²) in [6, 6.07) is 0.170. The fourth-order valence-corrected chi connectivity index (χ4v) is 1.95. The summed E-state index contributed by atoms with van der Waals surface area (Å²) >= 11 is 0. The van der Waals surface area contributed by atoms with Gasteiger partial charge in [0.15, 0.2) is 0 Å². The van der Waals surface area contributed by atoms with Gasteiger partial charge in [-0.05, 0) is 31.1 Å². The first-order valence-electron chi connectivity index (χ1n) is 7.03. The number of hydrogen-bond acceptors (Lipinski definition) is 2. The van der Waals surface area contributed by atoms with Gasteiger partial charge in [-0.15, -0.1) is 0 Å². The van der Waals surface area contributed by atoms with Crippen LogP contribution in [0.25, 0.3) is 0 Å². The molecule has 0 heterocycles. The van der Waals surface area contributed by atoms with Crippen molar-refractivity contribution in [3.63, 3.8) is 0 Å². The first-order valence-corrected chi connectivity index (χ1v) is 7.03. The van der Waals surface area contributed by atoms with Gasteiger partial charge in [0, 0.05) is 12.6 Å². The summed E-state index contributed by atoms with van der Waals surface area (Å²) in [6.07, 6.45) is 4.37. The van der Waals surface area contributed by atoms with Crippen molar-refractivity contribution in [1.82, 2.24) is 4.90 Å². The van der Waals surface area contributed by atoms with Crippen molar-refractivity contribution < 1.29 is 4.79 Å². The van der Waals surface area contributed by atoms with Crippen LogP contribution in [-0.4, -0.2) is 29.4 Å². The second kappa shape index (κ2) is 6.39. The van der Waals surface area contributed by atoms with E-state index in [9.17, 15) is 4.79 Å². The molecule has 0 unspecified atom stereocenters. The summed E-state index contributed by atoms with van der Waals surface area (Å²) in [5.74, 6) is 1.09. The Morgan fingerprint density at radius 1 is 1.35 bits per heavy atom. The van der Waals surface area contributed by atoms with Crippen molar-refractivity contribution in [2.45, 2.75) is 65.5 Å². The largest absolute Gasteiger partial charge is 0.338 e. The topological polar surface area (TPSA) is 46.3 Å². The molecule has 0 bridgehead atoms. The van der Waals surface area contributed by atoms with Crippen molar-refractivity contribution in [3.05, 3.63) is 0 Å². The third-order valence-electron chi connectivity index (χ3n) is 3.76. The van der Waals surface area contributed by atoms with Crippen molar-refractivity contribution >= 4 is 5.91 Å². The molecule has 17 heavy (non-hydrogen) atoms. The highest BCUT2D eigenvalue weighted by molar-refractivity contribution is 5.82. The van der Waals surface area contributed by atoms with Gasteiger partial charge in [0.1, 0.15) is 0 Å². The van der Waals surface area contributed by atoms with E-state index < -0.39 is 0 Å². The maximum absolute atomic E-state index is 12.3. The van der Waals surface area contributed by atoms with E-state index in [1.165, 1.54) is 0 Å². The molecular weight excluding hydrogens is 212 g/mol. The van der Waals surface area contributed by atoms with Crippen LogP contribution in [0.4, 0.5) is 0 Å². The monoisotopic (exact) mass is 240 g/mol. The molecule has 2 N–H and O–H groups in total. The van der Waals surface area contributed by atoms with Crippen LogP contribution in [0.1, 0.15) is 53.4 Å². The molecule has 3 heteroatoms. The minimum absolute atomic E-state index is 0.169. The number of rotatable bonds is 7. The first kappa shape index (κ1) is 14.5. The molecule has 1 aliphatic carbocycles. The van der Waals surface area contributed by atoms with Crippen LogP contribution in [-0.2, 0) is 4.79 Å². The van der Waals surface area contributed by atoms with Gasteiger partial charge in [-0.3, -0.25) is 4.79 Å².